The monoisotopic (exact) mass is 386 g/mol. The van der Waals surface area contributed by atoms with Crippen molar-refractivity contribution >= 4 is 43.9 Å². The van der Waals surface area contributed by atoms with Crippen LogP contribution in [0.15, 0.2) is 0 Å². The fourth-order valence-electron chi connectivity index (χ4n) is 1.75. The van der Waals surface area contributed by atoms with Gasteiger partial charge in [-0.2, -0.15) is 0 Å². The molecule has 0 atom stereocenters. The molecule has 23 heavy (non-hydrogen) atoms. The molecule has 0 saturated carbocycles. The fraction of sp³-hybridized carbons (Fsp3) is 1.00. The minimum atomic E-state index is -4.92. The topological polar surface area (TPSA) is 144 Å². The first-order chi connectivity index (χ1) is 10.1. The summed E-state index contributed by atoms with van der Waals surface area (Å²) in [6, 6.07) is 0. The summed E-state index contributed by atoms with van der Waals surface area (Å²) >= 11 is 0. The van der Waals surface area contributed by atoms with E-state index in [9.17, 15) is 13.0 Å². The van der Waals surface area contributed by atoms with Crippen LogP contribution in [-0.2, 0) is 25.0 Å². The summed E-state index contributed by atoms with van der Waals surface area (Å²) in [6.45, 7) is 2.24. The molecule has 136 valence electrons. The second-order valence-corrected chi connectivity index (χ2v) is 6.75. The van der Waals surface area contributed by atoms with E-state index in [4.69, 9.17) is 17.5 Å². The average Bonchev–Trinajstić information content (AvgIpc) is 2.32. The Labute approximate surface area is 156 Å². The normalized spacial score (nSPS) is 11.3. The van der Waals surface area contributed by atoms with Gasteiger partial charge in [0.05, 0.1) is 6.61 Å². The van der Waals surface area contributed by atoms with Crippen molar-refractivity contribution in [2.45, 2.75) is 71.1 Å². The average molecular weight is 387 g/mol. The Bertz CT molecular complexity index is 428. The largest absolute Gasteiger partial charge is 2.00 e. The Balaban J connectivity index is -0.000000578. The minimum Gasteiger partial charge on any atom is -0.726 e. The van der Waals surface area contributed by atoms with E-state index in [1.54, 1.807) is 0 Å². The van der Waals surface area contributed by atoms with E-state index in [0.717, 1.165) is 12.8 Å². The van der Waals surface area contributed by atoms with Crippen LogP contribution in [0.2, 0.25) is 0 Å². The quantitative estimate of drug-likeness (QED) is 0.232. The maximum atomic E-state index is 10.1. The predicted molar refractivity (Wildman–Crippen MR) is 85.6 cm³/mol. The summed E-state index contributed by atoms with van der Waals surface area (Å²) in [7, 11) is -9.40. The second-order valence-electron chi connectivity index (χ2n) is 4.84. The van der Waals surface area contributed by atoms with Gasteiger partial charge in [0.2, 0.25) is 20.8 Å². The van der Waals surface area contributed by atoms with Gasteiger partial charge in [0, 0.05) is 0 Å². The molecule has 0 aromatic carbocycles. The van der Waals surface area contributed by atoms with Crippen molar-refractivity contribution < 1.29 is 34.7 Å². The summed E-state index contributed by atoms with van der Waals surface area (Å²) in [5.41, 5.74) is 0. The molecule has 0 rings (SSSR count). The van der Waals surface area contributed by atoms with Crippen LogP contribution in [-0.4, -0.2) is 60.2 Å². The maximum Gasteiger partial charge on any atom is 2.00 e. The van der Waals surface area contributed by atoms with Gasteiger partial charge >= 0.3 is 23.1 Å². The van der Waals surface area contributed by atoms with Crippen molar-refractivity contribution in [1.29, 1.82) is 0 Å². The van der Waals surface area contributed by atoms with Crippen LogP contribution in [0.3, 0.4) is 0 Å². The molecule has 1 N–H and O–H groups in total. The van der Waals surface area contributed by atoms with Gasteiger partial charge in [0.25, 0.3) is 0 Å². The van der Waals surface area contributed by atoms with E-state index in [1.807, 2.05) is 0 Å². The minimum absolute atomic E-state index is 0. The van der Waals surface area contributed by atoms with Crippen LogP contribution in [0.5, 0.6) is 0 Å². The third-order valence-corrected chi connectivity index (χ3v) is 3.18. The molecule has 0 aliphatic carbocycles. The summed E-state index contributed by atoms with van der Waals surface area (Å²) in [6.07, 6.45) is 11.7. The molecule has 0 bridgehead atoms. The van der Waals surface area contributed by atoms with Gasteiger partial charge in [-0.15, -0.1) is 0 Å². The van der Waals surface area contributed by atoms with Gasteiger partial charge in [-0.05, 0) is 6.42 Å². The van der Waals surface area contributed by atoms with Gasteiger partial charge < -0.3 is 9.11 Å². The zero-order valence-corrected chi connectivity index (χ0v) is 16.7. The Morgan fingerprint density at radius 1 is 0.783 bits per heavy atom. The molecule has 0 aliphatic rings. The standard InChI is InChI=1S/C12H26O4S.Mg.H2O4S/c1-2-3-4-5-6-7-8-9-10-11-12-16-17(13,14)15;;1-5(2,3)4/h2-12H2,1H3,(H,13,14,15);;(H2,1,2,3,4)/q;+2;/p-2. The molecule has 0 spiro atoms. The van der Waals surface area contributed by atoms with Crippen molar-refractivity contribution in [3.8, 4) is 0 Å². The first-order valence-corrected chi connectivity index (χ1v) is 10.0. The second kappa shape index (κ2) is 17.3. The van der Waals surface area contributed by atoms with Crippen LogP contribution in [0.4, 0.5) is 0 Å². The van der Waals surface area contributed by atoms with Crippen molar-refractivity contribution in [1.82, 2.24) is 0 Å². The van der Waals surface area contributed by atoms with E-state index < -0.39 is 20.8 Å². The smallest absolute Gasteiger partial charge is 0.726 e. The molecule has 8 nitrogen and oxygen atoms in total. The van der Waals surface area contributed by atoms with E-state index in [1.165, 1.54) is 44.9 Å². The summed E-state index contributed by atoms with van der Waals surface area (Å²) < 4.78 is 67.3. The van der Waals surface area contributed by atoms with Crippen molar-refractivity contribution in [3.63, 3.8) is 0 Å². The first-order valence-electron chi connectivity index (χ1n) is 7.35. The molecule has 0 saturated heterocycles. The first kappa shape index (κ1) is 28.3. The zero-order valence-electron chi connectivity index (χ0n) is 13.6. The Kier molecular flexibility index (Phi) is 21.3. The predicted octanol–water partition coefficient (Wildman–Crippen LogP) is 2.01. The van der Waals surface area contributed by atoms with Crippen molar-refractivity contribution in [2.75, 3.05) is 6.61 Å². The molecule has 11 heteroatoms. The van der Waals surface area contributed by atoms with E-state index in [0.29, 0.717) is 6.42 Å². The number of rotatable bonds is 12. The van der Waals surface area contributed by atoms with Crippen LogP contribution in [0.1, 0.15) is 71.1 Å². The van der Waals surface area contributed by atoms with Gasteiger partial charge in [-0.25, -0.2) is 16.8 Å². The van der Waals surface area contributed by atoms with Gasteiger partial charge in [0.15, 0.2) is 0 Å². The van der Waals surface area contributed by atoms with Crippen LogP contribution >= 0.6 is 0 Å². The maximum absolute atomic E-state index is 10.1. The molecular formula is C12H26MgO8S2. The van der Waals surface area contributed by atoms with E-state index in [-0.39, 0.29) is 29.7 Å². The van der Waals surface area contributed by atoms with Crippen LogP contribution < -0.4 is 0 Å². The molecular weight excluding hydrogens is 361 g/mol. The third-order valence-electron chi connectivity index (χ3n) is 2.73. The number of hydrogen-bond acceptors (Lipinski definition) is 7. The molecule has 0 aromatic rings. The molecule has 0 aromatic heterocycles. The Morgan fingerprint density at radius 2 is 1.09 bits per heavy atom. The molecule has 0 aliphatic heterocycles. The fourth-order valence-corrected chi connectivity index (χ4v) is 2.07. The molecule has 0 amide bonds. The Hall–Kier alpha value is 0.506. The van der Waals surface area contributed by atoms with Gasteiger partial charge in [-0.3, -0.25) is 8.74 Å². The Morgan fingerprint density at radius 3 is 1.39 bits per heavy atom. The van der Waals surface area contributed by atoms with Crippen molar-refractivity contribution in [2.24, 2.45) is 0 Å². The van der Waals surface area contributed by atoms with E-state index >= 15 is 0 Å². The third kappa shape index (κ3) is 45.0. The van der Waals surface area contributed by atoms with Crippen LogP contribution in [0, 0.1) is 0 Å². The van der Waals surface area contributed by atoms with Gasteiger partial charge in [-0.1, -0.05) is 64.7 Å². The molecule has 0 heterocycles. The van der Waals surface area contributed by atoms with Gasteiger partial charge in [0.1, 0.15) is 0 Å². The zero-order chi connectivity index (χ0) is 17.5. The van der Waals surface area contributed by atoms with Crippen LogP contribution in [0.25, 0.3) is 0 Å². The SMILES string of the molecule is CCCCCCCCCCCCOS(=O)(=O)[O-].O=S(=O)([O-])O.[Mg+2]. The summed E-state index contributed by atoms with van der Waals surface area (Å²) in [5.74, 6) is 0. The molecule has 0 fully saturated rings. The number of unbranched alkanes of at least 4 members (excludes halogenated alkanes) is 9. The number of hydrogen-bond donors (Lipinski definition) is 1. The summed E-state index contributed by atoms with van der Waals surface area (Å²) in [4.78, 5) is 0. The van der Waals surface area contributed by atoms with E-state index in [2.05, 4.69) is 11.1 Å². The van der Waals surface area contributed by atoms with Crippen molar-refractivity contribution in [3.05, 3.63) is 0 Å². The molecule has 0 radical (unpaired) electrons. The summed E-state index contributed by atoms with van der Waals surface area (Å²) in [5, 5.41) is 0. The molecule has 0 unspecified atom stereocenters.